The highest BCUT2D eigenvalue weighted by atomic mass is 14.3. The molecule has 0 rings (SSSR count). The van der Waals surface area contributed by atoms with E-state index in [1.165, 1.54) is 19.3 Å². The zero-order chi connectivity index (χ0) is 12.3. The average molecular weight is 212 g/mol. The van der Waals surface area contributed by atoms with Crippen LogP contribution in [0, 0.1) is 22.7 Å². The third-order valence-electron chi connectivity index (χ3n) is 4.50. The van der Waals surface area contributed by atoms with Crippen LogP contribution in [-0.4, -0.2) is 0 Å². The third-order valence-corrected chi connectivity index (χ3v) is 4.50. The molecule has 0 spiro atoms. The lowest BCUT2D eigenvalue weighted by atomic mass is 9.74. The van der Waals surface area contributed by atoms with E-state index < -0.39 is 0 Å². The SMILES string of the molecule is CC(CCCC(C)(C)C(C)C)C(C)(C)C. The Bertz CT molecular complexity index is 169. The van der Waals surface area contributed by atoms with Crippen molar-refractivity contribution in [3.05, 3.63) is 0 Å². The van der Waals surface area contributed by atoms with Crippen LogP contribution in [0.3, 0.4) is 0 Å². The molecule has 0 heterocycles. The van der Waals surface area contributed by atoms with Gasteiger partial charge in [-0.2, -0.15) is 0 Å². The van der Waals surface area contributed by atoms with Crippen LogP contribution < -0.4 is 0 Å². The van der Waals surface area contributed by atoms with Gasteiger partial charge in [0.15, 0.2) is 0 Å². The highest BCUT2D eigenvalue weighted by molar-refractivity contribution is 4.75. The second kappa shape index (κ2) is 5.37. The van der Waals surface area contributed by atoms with Gasteiger partial charge in [-0.1, -0.05) is 68.2 Å². The van der Waals surface area contributed by atoms with E-state index in [2.05, 4.69) is 55.4 Å². The van der Waals surface area contributed by atoms with Crippen molar-refractivity contribution >= 4 is 0 Å². The van der Waals surface area contributed by atoms with Gasteiger partial charge in [0.25, 0.3) is 0 Å². The maximum atomic E-state index is 2.40. The summed E-state index contributed by atoms with van der Waals surface area (Å²) in [7, 11) is 0. The minimum Gasteiger partial charge on any atom is -0.0623 e. The van der Waals surface area contributed by atoms with Gasteiger partial charge < -0.3 is 0 Å². The van der Waals surface area contributed by atoms with Gasteiger partial charge >= 0.3 is 0 Å². The van der Waals surface area contributed by atoms with Crippen molar-refractivity contribution in [2.45, 2.75) is 74.7 Å². The van der Waals surface area contributed by atoms with Gasteiger partial charge in [-0.3, -0.25) is 0 Å². The van der Waals surface area contributed by atoms with Crippen LogP contribution >= 0.6 is 0 Å². The van der Waals surface area contributed by atoms with Crippen LogP contribution in [0.15, 0.2) is 0 Å². The molecule has 0 saturated heterocycles. The molecule has 0 aliphatic carbocycles. The Morgan fingerprint density at radius 2 is 1.33 bits per heavy atom. The van der Waals surface area contributed by atoms with E-state index in [1.807, 2.05) is 0 Å². The fourth-order valence-corrected chi connectivity index (χ4v) is 1.59. The highest BCUT2D eigenvalue weighted by Crippen LogP contribution is 2.35. The first kappa shape index (κ1) is 15.0. The van der Waals surface area contributed by atoms with Gasteiger partial charge in [0.1, 0.15) is 0 Å². The highest BCUT2D eigenvalue weighted by Gasteiger charge is 2.24. The molecule has 0 bridgehead atoms. The number of hydrogen-bond acceptors (Lipinski definition) is 0. The van der Waals surface area contributed by atoms with Crippen LogP contribution in [0.5, 0.6) is 0 Å². The molecule has 0 aliphatic heterocycles. The summed E-state index contributed by atoms with van der Waals surface area (Å²) in [5, 5.41) is 0. The van der Waals surface area contributed by atoms with Gasteiger partial charge in [0.2, 0.25) is 0 Å². The first-order valence-electron chi connectivity index (χ1n) is 6.57. The lowest BCUT2D eigenvalue weighted by Crippen LogP contribution is -2.21. The van der Waals surface area contributed by atoms with Gasteiger partial charge in [-0.05, 0) is 29.1 Å². The Balaban J connectivity index is 3.90. The van der Waals surface area contributed by atoms with Gasteiger partial charge in [-0.15, -0.1) is 0 Å². The predicted molar refractivity (Wildman–Crippen MR) is 71.1 cm³/mol. The molecule has 0 nitrogen and oxygen atoms in total. The summed E-state index contributed by atoms with van der Waals surface area (Å²) in [6.45, 7) is 18.9. The molecule has 1 unspecified atom stereocenters. The molecule has 1 atom stereocenters. The first-order chi connectivity index (χ1) is 6.57. The zero-order valence-electron chi connectivity index (χ0n) is 12.3. The Morgan fingerprint density at radius 1 is 0.867 bits per heavy atom. The van der Waals surface area contributed by atoms with Crippen molar-refractivity contribution in [1.82, 2.24) is 0 Å². The van der Waals surface area contributed by atoms with Crippen LogP contribution in [-0.2, 0) is 0 Å². The topological polar surface area (TPSA) is 0 Å². The molecular formula is C15H32. The number of hydrogen-bond donors (Lipinski definition) is 0. The number of rotatable bonds is 5. The van der Waals surface area contributed by atoms with Gasteiger partial charge in [0, 0.05) is 0 Å². The monoisotopic (exact) mass is 212 g/mol. The quantitative estimate of drug-likeness (QED) is 0.563. The molecule has 0 N–H and O–H groups in total. The van der Waals surface area contributed by atoms with Crippen molar-refractivity contribution in [2.75, 3.05) is 0 Å². The Labute approximate surface area is 97.8 Å². The summed E-state index contributed by atoms with van der Waals surface area (Å²) in [6, 6.07) is 0. The van der Waals surface area contributed by atoms with E-state index in [0.717, 1.165) is 11.8 Å². The second-order valence-corrected chi connectivity index (χ2v) is 7.30. The predicted octanol–water partition coefficient (Wildman–Crippen LogP) is 5.52. The van der Waals surface area contributed by atoms with Crippen LogP contribution in [0.2, 0.25) is 0 Å². The molecule has 0 aliphatic rings. The first-order valence-corrected chi connectivity index (χ1v) is 6.57. The summed E-state index contributed by atoms with van der Waals surface area (Å²) in [6.07, 6.45) is 4.12. The smallest absolute Gasteiger partial charge is 0.0331 e. The minimum absolute atomic E-state index is 0.474. The molecule has 0 fully saturated rings. The van der Waals surface area contributed by atoms with E-state index in [-0.39, 0.29) is 0 Å². The Kier molecular flexibility index (Phi) is 5.37. The summed E-state index contributed by atoms with van der Waals surface area (Å²) in [5.74, 6) is 1.63. The van der Waals surface area contributed by atoms with E-state index in [1.54, 1.807) is 0 Å². The third kappa shape index (κ3) is 5.58. The lowest BCUT2D eigenvalue weighted by Gasteiger charge is -2.32. The molecule has 0 heteroatoms. The van der Waals surface area contributed by atoms with E-state index in [0.29, 0.717) is 10.8 Å². The summed E-state index contributed by atoms with van der Waals surface area (Å²) >= 11 is 0. The Morgan fingerprint density at radius 3 is 1.67 bits per heavy atom. The standard InChI is InChI=1S/C15H32/c1-12(2)15(7,8)11-9-10-13(3)14(4,5)6/h12-13H,9-11H2,1-8H3. The Hall–Kier alpha value is 0. The van der Waals surface area contributed by atoms with Crippen molar-refractivity contribution in [3.8, 4) is 0 Å². The van der Waals surface area contributed by atoms with Crippen LogP contribution in [0.4, 0.5) is 0 Å². The summed E-state index contributed by atoms with van der Waals surface area (Å²) < 4.78 is 0. The molecule has 0 radical (unpaired) electrons. The van der Waals surface area contributed by atoms with Crippen molar-refractivity contribution < 1.29 is 0 Å². The fourth-order valence-electron chi connectivity index (χ4n) is 1.59. The molecule has 0 amide bonds. The van der Waals surface area contributed by atoms with E-state index in [4.69, 9.17) is 0 Å². The lowest BCUT2D eigenvalue weighted by molar-refractivity contribution is 0.192. The maximum Gasteiger partial charge on any atom is -0.0331 e. The van der Waals surface area contributed by atoms with Crippen molar-refractivity contribution in [2.24, 2.45) is 22.7 Å². The van der Waals surface area contributed by atoms with E-state index in [9.17, 15) is 0 Å². The molecule has 15 heavy (non-hydrogen) atoms. The fraction of sp³-hybridized carbons (Fsp3) is 1.00. The van der Waals surface area contributed by atoms with Crippen LogP contribution in [0.25, 0.3) is 0 Å². The average Bonchev–Trinajstić information content (AvgIpc) is 2.01. The largest absolute Gasteiger partial charge is 0.0623 e. The minimum atomic E-state index is 0.474. The molecule has 92 valence electrons. The van der Waals surface area contributed by atoms with Gasteiger partial charge in [-0.25, -0.2) is 0 Å². The summed E-state index contributed by atoms with van der Waals surface area (Å²) in [5.41, 5.74) is 0.986. The maximum absolute atomic E-state index is 2.40. The molecule has 0 aromatic rings. The zero-order valence-corrected chi connectivity index (χ0v) is 12.3. The van der Waals surface area contributed by atoms with Crippen molar-refractivity contribution in [3.63, 3.8) is 0 Å². The molecular weight excluding hydrogens is 180 g/mol. The van der Waals surface area contributed by atoms with Crippen LogP contribution in [0.1, 0.15) is 74.7 Å². The second-order valence-electron chi connectivity index (χ2n) is 7.30. The van der Waals surface area contributed by atoms with Crippen molar-refractivity contribution in [1.29, 1.82) is 0 Å². The summed E-state index contributed by atoms with van der Waals surface area (Å²) in [4.78, 5) is 0. The normalized spacial score (nSPS) is 15.8. The molecule has 0 aromatic heterocycles. The molecule has 0 saturated carbocycles. The van der Waals surface area contributed by atoms with E-state index >= 15 is 0 Å². The molecule has 0 aromatic carbocycles. The van der Waals surface area contributed by atoms with Gasteiger partial charge in [0.05, 0.1) is 0 Å².